The third kappa shape index (κ3) is 1.62. The zero-order chi connectivity index (χ0) is 11.8. The summed E-state index contributed by atoms with van der Waals surface area (Å²) in [6.45, 7) is 0. The molecule has 1 aliphatic rings. The van der Waals surface area contributed by atoms with Crippen LogP contribution in [0.1, 0.15) is 27.0 Å². The highest BCUT2D eigenvalue weighted by molar-refractivity contribution is 6.11. The van der Waals surface area contributed by atoms with Gasteiger partial charge in [-0.3, -0.25) is 4.79 Å². The standard InChI is InChI=1S/C15H12O2/c16-12-7-8-14-11(9-12)6-5-10-3-1-2-4-13(10)15(14)17/h1-4,7-9,16H,5-6H2. The molecule has 0 bridgehead atoms. The predicted molar refractivity (Wildman–Crippen MR) is 65.4 cm³/mol. The summed E-state index contributed by atoms with van der Waals surface area (Å²) in [4.78, 5) is 12.4. The van der Waals surface area contributed by atoms with Crippen LogP contribution in [0.2, 0.25) is 0 Å². The summed E-state index contributed by atoms with van der Waals surface area (Å²) in [5.74, 6) is 0.288. The highest BCUT2D eigenvalue weighted by atomic mass is 16.3. The summed E-state index contributed by atoms with van der Waals surface area (Å²) < 4.78 is 0. The fourth-order valence-electron chi connectivity index (χ4n) is 2.38. The quantitative estimate of drug-likeness (QED) is 0.747. The minimum Gasteiger partial charge on any atom is -0.508 e. The first-order valence-electron chi connectivity index (χ1n) is 5.70. The molecule has 0 atom stereocenters. The third-order valence-electron chi connectivity index (χ3n) is 3.26. The lowest BCUT2D eigenvalue weighted by Gasteiger charge is -2.05. The van der Waals surface area contributed by atoms with Crippen LogP contribution in [0.5, 0.6) is 5.75 Å². The molecule has 0 aliphatic heterocycles. The zero-order valence-corrected chi connectivity index (χ0v) is 9.31. The van der Waals surface area contributed by atoms with Crippen LogP contribution in [-0.2, 0) is 12.8 Å². The van der Waals surface area contributed by atoms with Gasteiger partial charge in [-0.1, -0.05) is 24.3 Å². The molecule has 0 amide bonds. The number of carbonyl (C=O) groups is 1. The van der Waals surface area contributed by atoms with Crippen molar-refractivity contribution in [1.29, 1.82) is 0 Å². The largest absolute Gasteiger partial charge is 0.508 e. The maximum absolute atomic E-state index is 12.4. The Kier molecular flexibility index (Phi) is 2.22. The predicted octanol–water partition coefficient (Wildman–Crippen LogP) is 2.72. The number of fused-ring (bicyclic) bond motifs is 2. The summed E-state index contributed by atoms with van der Waals surface area (Å²) in [6.07, 6.45) is 1.64. The molecule has 0 radical (unpaired) electrons. The van der Waals surface area contributed by atoms with Gasteiger partial charge < -0.3 is 5.11 Å². The van der Waals surface area contributed by atoms with Crippen LogP contribution in [0, 0.1) is 0 Å². The molecular weight excluding hydrogens is 212 g/mol. The Hall–Kier alpha value is -2.09. The first-order valence-corrected chi connectivity index (χ1v) is 5.70. The van der Waals surface area contributed by atoms with Crippen molar-refractivity contribution in [2.24, 2.45) is 0 Å². The molecule has 0 saturated carbocycles. The van der Waals surface area contributed by atoms with E-state index < -0.39 is 0 Å². The molecule has 0 unspecified atom stereocenters. The molecule has 2 aromatic rings. The maximum Gasteiger partial charge on any atom is 0.193 e. The van der Waals surface area contributed by atoms with E-state index in [0.717, 1.165) is 29.5 Å². The average molecular weight is 224 g/mol. The monoisotopic (exact) mass is 224 g/mol. The molecule has 2 nitrogen and oxygen atoms in total. The van der Waals surface area contributed by atoms with Crippen molar-refractivity contribution >= 4 is 5.78 Å². The maximum atomic E-state index is 12.4. The van der Waals surface area contributed by atoms with Crippen LogP contribution in [0.4, 0.5) is 0 Å². The first-order chi connectivity index (χ1) is 8.25. The van der Waals surface area contributed by atoms with E-state index >= 15 is 0 Å². The van der Waals surface area contributed by atoms with Gasteiger partial charge >= 0.3 is 0 Å². The van der Waals surface area contributed by atoms with Gasteiger partial charge in [0, 0.05) is 11.1 Å². The number of carbonyl (C=O) groups excluding carboxylic acids is 1. The molecule has 3 rings (SSSR count). The molecule has 1 aliphatic carbocycles. The van der Waals surface area contributed by atoms with Crippen LogP contribution in [0.25, 0.3) is 0 Å². The zero-order valence-electron chi connectivity index (χ0n) is 9.31. The second kappa shape index (κ2) is 3.74. The summed E-state index contributed by atoms with van der Waals surface area (Å²) in [6, 6.07) is 12.7. The molecule has 84 valence electrons. The Morgan fingerprint density at radius 2 is 1.59 bits per heavy atom. The van der Waals surface area contributed by atoms with Gasteiger partial charge in [0.1, 0.15) is 5.75 Å². The summed E-state index contributed by atoms with van der Waals surface area (Å²) >= 11 is 0. The average Bonchev–Trinajstić information content (AvgIpc) is 2.48. The third-order valence-corrected chi connectivity index (χ3v) is 3.26. The van der Waals surface area contributed by atoms with Crippen molar-refractivity contribution in [1.82, 2.24) is 0 Å². The second-order valence-electron chi connectivity index (χ2n) is 4.33. The Morgan fingerprint density at radius 1 is 0.882 bits per heavy atom. The minimum absolute atomic E-state index is 0.0631. The van der Waals surface area contributed by atoms with Gasteiger partial charge in [-0.25, -0.2) is 0 Å². The lowest BCUT2D eigenvalue weighted by Crippen LogP contribution is -2.03. The van der Waals surface area contributed by atoms with Gasteiger partial charge in [0.25, 0.3) is 0 Å². The van der Waals surface area contributed by atoms with Crippen LogP contribution >= 0.6 is 0 Å². The lowest BCUT2D eigenvalue weighted by molar-refractivity contribution is 0.103. The van der Waals surface area contributed by atoms with E-state index in [0.29, 0.717) is 5.56 Å². The van der Waals surface area contributed by atoms with Crippen molar-refractivity contribution in [3.63, 3.8) is 0 Å². The number of hydrogen-bond acceptors (Lipinski definition) is 2. The molecule has 17 heavy (non-hydrogen) atoms. The summed E-state index contributed by atoms with van der Waals surface area (Å²) in [7, 11) is 0. The normalized spacial score (nSPS) is 13.8. The molecular formula is C15H12O2. The fourth-order valence-corrected chi connectivity index (χ4v) is 2.38. The summed E-state index contributed by atoms with van der Waals surface area (Å²) in [5, 5.41) is 9.47. The van der Waals surface area contributed by atoms with E-state index in [1.54, 1.807) is 18.2 Å². The molecule has 0 fully saturated rings. The van der Waals surface area contributed by atoms with Crippen molar-refractivity contribution in [3.8, 4) is 5.75 Å². The van der Waals surface area contributed by atoms with Crippen molar-refractivity contribution in [2.75, 3.05) is 0 Å². The van der Waals surface area contributed by atoms with Crippen LogP contribution in [0.15, 0.2) is 42.5 Å². The second-order valence-corrected chi connectivity index (χ2v) is 4.33. The SMILES string of the molecule is O=C1c2ccccc2CCc2cc(O)ccc21. The van der Waals surface area contributed by atoms with Crippen LogP contribution < -0.4 is 0 Å². The first kappa shape index (κ1) is 10.1. The van der Waals surface area contributed by atoms with E-state index in [4.69, 9.17) is 0 Å². The fraction of sp³-hybridized carbons (Fsp3) is 0.133. The number of phenols is 1. The van der Waals surface area contributed by atoms with Gasteiger partial charge in [0.05, 0.1) is 0 Å². The molecule has 0 spiro atoms. The summed E-state index contributed by atoms with van der Waals surface area (Å²) in [5.41, 5.74) is 3.53. The van der Waals surface area contributed by atoms with E-state index in [2.05, 4.69) is 0 Å². The van der Waals surface area contributed by atoms with Crippen LogP contribution in [-0.4, -0.2) is 10.9 Å². The Morgan fingerprint density at radius 3 is 2.47 bits per heavy atom. The van der Waals surface area contributed by atoms with E-state index in [1.807, 2.05) is 24.3 Å². The number of hydrogen-bond donors (Lipinski definition) is 1. The van der Waals surface area contributed by atoms with Crippen molar-refractivity contribution in [3.05, 3.63) is 64.7 Å². The molecule has 0 heterocycles. The Bertz CT molecular complexity index is 600. The van der Waals surface area contributed by atoms with E-state index in [-0.39, 0.29) is 11.5 Å². The topological polar surface area (TPSA) is 37.3 Å². The van der Waals surface area contributed by atoms with Gasteiger partial charge in [0.2, 0.25) is 0 Å². The number of phenolic OH excluding ortho intramolecular Hbond substituents is 1. The molecule has 0 aromatic heterocycles. The highest BCUT2D eigenvalue weighted by Crippen LogP contribution is 2.26. The highest BCUT2D eigenvalue weighted by Gasteiger charge is 2.20. The van der Waals surface area contributed by atoms with E-state index in [9.17, 15) is 9.90 Å². The number of ketones is 1. The number of aromatic hydroxyl groups is 1. The van der Waals surface area contributed by atoms with E-state index in [1.165, 1.54) is 0 Å². The molecule has 0 saturated heterocycles. The lowest BCUT2D eigenvalue weighted by atomic mass is 9.99. The number of rotatable bonds is 0. The van der Waals surface area contributed by atoms with Gasteiger partial charge in [0.15, 0.2) is 5.78 Å². The molecule has 1 N–H and O–H groups in total. The smallest absolute Gasteiger partial charge is 0.193 e. The van der Waals surface area contributed by atoms with Crippen LogP contribution in [0.3, 0.4) is 0 Å². The Balaban J connectivity index is 2.20. The molecule has 2 aromatic carbocycles. The van der Waals surface area contributed by atoms with Gasteiger partial charge in [-0.15, -0.1) is 0 Å². The minimum atomic E-state index is 0.0631. The van der Waals surface area contributed by atoms with Gasteiger partial charge in [-0.2, -0.15) is 0 Å². The Labute approximate surface area is 99.5 Å². The van der Waals surface area contributed by atoms with Crippen molar-refractivity contribution in [2.45, 2.75) is 12.8 Å². The van der Waals surface area contributed by atoms with Gasteiger partial charge in [-0.05, 0) is 42.2 Å². The number of aryl methyl sites for hydroxylation is 2. The number of benzene rings is 2. The van der Waals surface area contributed by atoms with Crippen molar-refractivity contribution < 1.29 is 9.90 Å². The molecule has 2 heteroatoms.